The number of halogens is 2. The zero-order valence-corrected chi connectivity index (χ0v) is 18.2. The number of carbonyl (C=O) groups excluding carboxylic acids is 1. The standard InChI is InChI=1S/C21H25Cl2NO2S/c1-14(2)16-8-7-15(3)11-20(16)26-12-21(25)24-9-10-27-13-17-18(22)5-4-6-19(17)23/h4-8,11,14H,9-10,12-13H2,1-3H3,(H,24,25). The van der Waals surface area contributed by atoms with Crippen molar-refractivity contribution in [3.63, 3.8) is 0 Å². The van der Waals surface area contributed by atoms with Crippen LogP contribution in [0.25, 0.3) is 0 Å². The molecule has 27 heavy (non-hydrogen) atoms. The van der Waals surface area contributed by atoms with Gasteiger partial charge in [-0.25, -0.2) is 0 Å². The van der Waals surface area contributed by atoms with Gasteiger partial charge in [-0.05, 0) is 47.7 Å². The smallest absolute Gasteiger partial charge is 0.257 e. The van der Waals surface area contributed by atoms with Gasteiger partial charge in [-0.2, -0.15) is 11.8 Å². The first-order valence-corrected chi connectivity index (χ1v) is 10.8. The largest absolute Gasteiger partial charge is 0.483 e. The maximum Gasteiger partial charge on any atom is 0.257 e. The van der Waals surface area contributed by atoms with E-state index in [0.29, 0.717) is 28.3 Å². The Morgan fingerprint density at radius 3 is 2.56 bits per heavy atom. The number of benzene rings is 2. The van der Waals surface area contributed by atoms with Gasteiger partial charge in [0, 0.05) is 28.1 Å². The minimum Gasteiger partial charge on any atom is -0.483 e. The van der Waals surface area contributed by atoms with Crippen molar-refractivity contribution in [1.82, 2.24) is 5.32 Å². The van der Waals surface area contributed by atoms with Crippen LogP contribution < -0.4 is 10.1 Å². The molecule has 0 atom stereocenters. The van der Waals surface area contributed by atoms with Gasteiger partial charge in [0.25, 0.3) is 5.91 Å². The Balaban J connectivity index is 1.72. The average Bonchev–Trinajstić information content (AvgIpc) is 2.61. The number of ether oxygens (including phenoxy) is 1. The minimum absolute atomic E-state index is 0.0180. The molecular weight excluding hydrogens is 401 g/mol. The SMILES string of the molecule is Cc1ccc(C(C)C)c(OCC(=O)NCCSCc2c(Cl)cccc2Cl)c1. The van der Waals surface area contributed by atoms with Crippen LogP contribution in [0.4, 0.5) is 0 Å². The van der Waals surface area contributed by atoms with E-state index in [-0.39, 0.29) is 12.5 Å². The van der Waals surface area contributed by atoms with Gasteiger partial charge in [0.2, 0.25) is 0 Å². The summed E-state index contributed by atoms with van der Waals surface area (Å²) in [6, 6.07) is 11.6. The van der Waals surface area contributed by atoms with Gasteiger partial charge in [0.1, 0.15) is 5.75 Å². The Labute approximate surface area is 175 Å². The third kappa shape index (κ3) is 6.95. The van der Waals surface area contributed by atoms with Gasteiger partial charge in [-0.1, -0.05) is 55.2 Å². The Morgan fingerprint density at radius 1 is 1.19 bits per heavy atom. The van der Waals surface area contributed by atoms with E-state index < -0.39 is 0 Å². The number of nitrogens with one attached hydrogen (secondary N) is 1. The van der Waals surface area contributed by atoms with Crippen LogP contribution in [0.3, 0.4) is 0 Å². The van der Waals surface area contributed by atoms with Gasteiger partial charge >= 0.3 is 0 Å². The number of amides is 1. The first kappa shape index (κ1) is 21.9. The summed E-state index contributed by atoms with van der Waals surface area (Å²) in [7, 11) is 0. The summed E-state index contributed by atoms with van der Waals surface area (Å²) in [6.45, 7) is 6.82. The van der Waals surface area contributed by atoms with E-state index in [9.17, 15) is 4.79 Å². The number of thioether (sulfide) groups is 1. The fourth-order valence-corrected chi connectivity index (χ4v) is 4.14. The van der Waals surface area contributed by atoms with Crippen LogP contribution in [-0.2, 0) is 10.5 Å². The monoisotopic (exact) mass is 425 g/mol. The van der Waals surface area contributed by atoms with Crippen molar-refractivity contribution in [2.45, 2.75) is 32.4 Å². The van der Waals surface area contributed by atoms with Crippen LogP contribution in [0.5, 0.6) is 5.75 Å². The summed E-state index contributed by atoms with van der Waals surface area (Å²) in [4.78, 5) is 12.0. The third-order valence-corrected chi connectivity index (χ3v) is 5.72. The van der Waals surface area contributed by atoms with E-state index in [1.54, 1.807) is 11.8 Å². The summed E-state index contributed by atoms with van der Waals surface area (Å²) < 4.78 is 5.75. The first-order valence-electron chi connectivity index (χ1n) is 8.89. The van der Waals surface area contributed by atoms with E-state index in [0.717, 1.165) is 28.2 Å². The molecule has 0 aliphatic carbocycles. The Kier molecular flexibility index (Phi) is 8.81. The molecule has 0 unspecified atom stereocenters. The van der Waals surface area contributed by atoms with Crippen molar-refractivity contribution in [2.24, 2.45) is 0 Å². The molecule has 0 aromatic heterocycles. The van der Waals surface area contributed by atoms with Crippen molar-refractivity contribution in [3.8, 4) is 5.75 Å². The van der Waals surface area contributed by atoms with Crippen LogP contribution in [0.2, 0.25) is 10.0 Å². The highest BCUT2D eigenvalue weighted by molar-refractivity contribution is 7.98. The second-order valence-corrected chi connectivity index (χ2v) is 8.51. The Morgan fingerprint density at radius 2 is 1.89 bits per heavy atom. The highest BCUT2D eigenvalue weighted by Gasteiger charge is 2.10. The van der Waals surface area contributed by atoms with E-state index in [1.165, 1.54) is 0 Å². The lowest BCUT2D eigenvalue weighted by Gasteiger charge is -2.14. The second-order valence-electron chi connectivity index (χ2n) is 6.59. The molecule has 0 aliphatic heterocycles. The van der Waals surface area contributed by atoms with Crippen molar-refractivity contribution >= 4 is 40.9 Å². The van der Waals surface area contributed by atoms with Crippen molar-refractivity contribution in [3.05, 3.63) is 63.1 Å². The third-order valence-electron chi connectivity index (χ3n) is 4.03. The maximum atomic E-state index is 12.0. The molecule has 0 saturated carbocycles. The van der Waals surface area contributed by atoms with Gasteiger partial charge < -0.3 is 10.1 Å². The zero-order chi connectivity index (χ0) is 19.8. The lowest BCUT2D eigenvalue weighted by molar-refractivity contribution is -0.122. The molecule has 1 N–H and O–H groups in total. The molecule has 0 bridgehead atoms. The summed E-state index contributed by atoms with van der Waals surface area (Å²) in [6.07, 6.45) is 0. The molecule has 0 heterocycles. The molecule has 3 nitrogen and oxygen atoms in total. The lowest BCUT2D eigenvalue weighted by Crippen LogP contribution is -2.30. The van der Waals surface area contributed by atoms with Crippen molar-refractivity contribution < 1.29 is 9.53 Å². The zero-order valence-electron chi connectivity index (χ0n) is 15.9. The molecule has 0 fully saturated rings. The molecule has 0 radical (unpaired) electrons. The van der Waals surface area contributed by atoms with Crippen LogP contribution in [0.15, 0.2) is 36.4 Å². The van der Waals surface area contributed by atoms with Gasteiger partial charge in [-0.3, -0.25) is 4.79 Å². The fourth-order valence-electron chi connectivity index (χ4n) is 2.54. The Bertz CT molecular complexity index is 761. The van der Waals surface area contributed by atoms with Crippen LogP contribution in [0, 0.1) is 6.92 Å². The number of aryl methyl sites for hydroxylation is 1. The van der Waals surface area contributed by atoms with Crippen LogP contribution >= 0.6 is 35.0 Å². The second kappa shape index (κ2) is 10.8. The van der Waals surface area contributed by atoms with E-state index in [4.69, 9.17) is 27.9 Å². The molecular formula is C21H25Cl2NO2S. The summed E-state index contributed by atoms with van der Waals surface area (Å²) in [5.41, 5.74) is 3.16. The van der Waals surface area contributed by atoms with E-state index >= 15 is 0 Å². The van der Waals surface area contributed by atoms with Gasteiger partial charge in [0.05, 0.1) is 0 Å². The number of hydrogen-bond donors (Lipinski definition) is 1. The van der Waals surface area contributed by atoms with Gasteiger partial charge in [0.15, 0.2) is 6.61 Å². The quantitative estimate of drug-likeness (QED) is 0.511. The molecule has 2 rings (SSSR count). The van der Waals surface area contributed by atoms with Crippen molar-refractivity contribution in [1.29, 1.82) is 0 Å². The number of carbonyl (C=O) groups is 1. The topological polar surface area (TPSA) is 38.3 Å². The molecule has 0 spiro atoms. The van der Waals surface area contributed by atoms with E-state index in [1.807, 2.05) is 31.2 Å². The molecule has 0 aliphatic rings. The lowest BCUT2D eigenvalue weighted by atomic mass is 10.0. The van der Waals surface area contributed by atoms with Crippen molar-refractivity contribution in [2.75, 3.05) is 18.9 Å². The molecule has 1 amide bonds. The molecule has 0 saturated heterocycles. The Hall–Kier alpha value is -1.36. The van der Waals surface area contributed by atoms with Gasteiger partial charge in [-0.15, -0.1) is 0 Å². The van der Waals surface area contributed by atoms with Crippen LogP contribution in [-0.4, -0.2) is 24.8 Å². The first-order chi connectivity index (χ1) is 12.9. The predicted octanol–water partition coefficient (Wildman–Crippen LogP) is 5.85. The molecule has 2 aromatic rings. The normalized spacial score (nSPS) is 10.9. The molecule has 6 heteroatoms. The summed E-state index contributed by atoms with van der Waals surface area (Å²) in [5, 5.41) is 4.23. The molecule has 2 aromatic carbocycles. The highest BCUT2D eigenvalue weighted by atomic mass is 35.5. The van der Waals surface area contributed by atoms with E-state index in [2.05, 4.69) is 31.3 Å². The predicted molar refractivity (Wildman–Crippen MR) is 116 cm³/mol. The summed E-state index contributed by atoms with van der Waals surface area (Å²) in [5.74, 6) is 2.49. The summed E-state index contributed by atoms with van der Waals surface area (Å²) >= 11 is 14.0. The molecule has 146 valence electrons. The fraction of sp³-hybridized carbons (Fsp3) is 0.381. The van der Waals surface area contributed by atoms with Crippen LogP contribution in [0.1, 0.15) is 36.5 Å². The number of rotatable bonds is 9. The minimum atomic E-state index is -0.123. The number of hydrogen-bond acceptors (Lipinski definition) is 3. The highest BCUT2D eigenvalue weighted by Crippen LogP contribution is 2.28. The maximum absolute atomic E-state index is 12.0. The average molecular weight is 426 g/mol.